The lowest BCUT2D eigenvalue weighted by Crippen LogP contribution is -2.33. The van der Waals surface area contributed by atoms with Crippen LogP contribution in [0.1, 0.15) is 71.1 Å². The van der Waals surface area contributed by atoms with Gasteiger partial charge in [-0.3, -0.25) is 4.99 Å². The second kappa shape index (κ2) is 13.3. The Morgan fingerprint density at radius 3 is 2.50 bits per heavy atom. The minimum Gasteiger partial charge on any atom is -0.304 e. The maximum absolute atomic E-state index is 15.5. The summed E-state index contributed by atoms with van der Waals surface area (Å²) in [4.78, 5) is 7.11. The van der Waals surface area contributed by atoms with Gasteiger partial charge in [-0.05, 0) is 101 Å². The number of hydrogen-bond acceptors (Lipinski definition) is 4. The number of piperidine rings is 1. The predicted octanol–water partition coefficient (Wildman–Crippen LogP) is 7.89. The lowest BCUT2D eigenvalue weighted by molar-refractivity contribution is 0.208. The Labute approximate surface area is 218 Å². The minimum absolute atomic E-state index is 0. The number of aryl methyl sites for hydroxylation is 1. The van der Waals surface area contributed by atoms with Gasteiger partial charge in [0.1, 0.15) is 5.82 Å². The third-order valence-corrected chi connectivity index (χ3v) is 6.86. The monoisotopic (exact) mass is 490 g/mol. The molecule has 0 aromatic heterocycles. The molecule has 5 heteroatoms. The second-order valence-electron chi connectivity index (χ2n) is 9.23. The van der Waals surface area contributed by atoms with E-state index in [1.54, 1.807) is 17.2 Å². The molecule has 2 aliphatic rings. The van der Waals surface area contributed by atoms with Crippen LogP contribution in [0.3, 0.4) is 0 Å². The normalized spacial score (nSPS) is 18.3. The van der Waals surface area contributed by atoms with Gasteiger partial charge in [0.2, 0.25) is 0 Å². The zero-order valence-electron chi connectivity index (χ0n) is 21.9. The third kappa shape index (κ3) is 6.79. The van der Waals surface area contributed by atoms with Crippen molar-refractivity contribution in [1.29, 1.82) is 0 Å². The summed E-state index contributed by atoms with van der Waals surface area (Å²) < 4.78 is 15.5. The molecular formula is C31H43FN4. The van der Waals surface area contributed by atoms with Crippen molar-refractivity contribution in [3.05, 3.63) is 88.7 Å². The maximum Gasteiger partial charge on any atom is 0.131 e. The van der Waals surface area contributed by atoms with Gasteiger partial charge in [0.15, 0.2) is 0 Å². The second-order valence-corrected chi connectivity index (χ2v) is 9.23. The number of rotatable bonds is 8. The van der Waals surface area contributed by atoms with Crippen LogP contribution in [0, 0.1) is 18.7 Å². The van der Waals surface area contributed by atoms with E-state index in [1.165, 1.54) is 0 Å². The van der Waals surface area contributed by atoms with Crippen molar-refractivity contribution in [3.8, 4) is 0 Å². The van der Waals surface area contributed by atoms with E-state index in [9.17, 15) is 0 Å². The van der Waals surface area contributed by atoms with Crippen LogP contribution >= 0.6 is 0 Å². The zero-order chi connectivity index (χ0) is 25.5. The van der Waals surface area contributed by atoms with E-state index in [-0.39, 0.29) is 13.2 Å². The molecule has 0 atom stereocenters. The fourth-order valence-corrected chi connectivity index (χ4v) is 4.59. The van der Waals surface area contributed by atoms with E-state index < -0.39 is 0 Å². The van der Waals surface area contributed by atoms with Gasteiger partial charge in [0.05, 0.1) is 11.4 Å². The molecule has 0 amide bonds. The number of aliphatic imine (C=N–C) groups is 1. The van der Waals surface area contributed by atoms with Crippen LogP contribution in [0.5, 0.6) is 0 Å². The first-order valence-electron chi connectivity index (χ1n) is 12.6. The standard InChI is InChI=1S/C30H39FN4.CH4/c1-8-21(5)20-35-23(7)24(9-2)18-30(33-35)26-16-22(6)27(28(31)17-26)19-29(32-10-3)25-12-14-34(11-4)15-13-25;/h8,10,16-20,25H,1,7,9,11-15H2,2-6H3;1H4/b21-20-,29-19-,32-10?;. The van der Waals surface area contributed by atoms with E-state index in [4.69, 9.17) is 5.10 Å². The fraction of sp³-hybridized carbons (Fsp3) is 0.419. The smallest absolute Gasteiger partial charge is 0.131 e. The largest absolute Gasteiger partial charge is 0.304 e. The number of likely N-dealkylation sites (tertiary alicyclic amines) is 1. The van der Waals surface area contributed by atoms with Crippen molar-refractivity contribution < 1.29 is 4.39 Å². The molecule has 1 aromatic rings. The molecule has 0 N–H and O–H groups in total. The summed E-state index contributed by atoms with van der Waals surface area (Å²) in [6.07, 6.45) is 12.4. The highest BCUT2D eigenvalue weighted by atomic mass is 19.1. The van der Waals surface area contributed by atoms with Gasteiger partial charge in [-0.25, -0.2) is 9.40 Å². The first-order chi connectivity index (χ1) is 16.8. The molecule has 0 unspecified atom stereocenters. The van der Waals surface area contributed by atoms with Crippen LogP contribution in [0.25, 0.3) is 6.08 Å². The van der Waals surface area contributed by atoms with E-state index in [1.807, 2.05) is 51.4 Å². The summed E-state index contributed by atoms with van der Waals surface area (Å²) in [6.45, 7) is 21.3. The van der Waals surface area contributed by atoms with Gasteiger partial charge in [0, 0.05) is 35.2 Å². The summed E-state index contributed by atoms with van der Waals surface area (Å²) in [5, 5.41) is 6.52. The average molecular weight is 491 g/mol. The topological polar surface area (TPSA) is 31.2 Å². The summed E-state index contributed by atoms with van der Waals surface area (Å²) in [6, 6.07) is 3.60. The van der Waals surface area contributed by atoms with Gasteiger partial charge in [0.25, 0.3) is 0 Å². The molecule has 2 heterocycles. The minimum atomic E-state index is -0.252. The SMILES string of the molecule is C.C=C/C(C)=C\N1N=C(c2cc(C)c(/C=C(\N=CC)C3CCN(CC)CC3)c(F)c2)C=C(CC)C1=C. The highest BCUT2D eigenvalue weighted by Gasteiger charge is 2.23. The number of benzene rings is 1. The van der Waals surface area contributed by atoms with E-state index in [0.717, 1.165) is 78.3 Å². The first kappa shape index (κ1) is 29.2. The molecule has 0 radical (unpaired) electrons. The van der Waals surface area contributed by atoms with E-state index in [0.29, 0.717) is 11.5 Å². The van der Waals surface area contributed by atoms with Crippen molar-refractivity contribution in [3.63, 3.8) is 0 Å². The molecule has 194 valence electrons. The Hall–Kier alpha value is -3.05. The highest BCUT2D eigenvalue weighted by Crippen LogP contribution is 2.30. The Morgan fingerprint density at radius 1 is 1.25 bits per heavy atom. The Bertz CT molecular complexity index is 1090. The van der Waals surface area contributed by atoms with Crippen molar-refractivity contribution in [2.45, 2.75) is 61.3 Å². The lowest BCUT2D eigenvalue weighted by atomic mass is 9.91. The summed E-state index contributed by atoms with van der Waals surface area (Å²) in [5.41, 5.74) is 6.79. The van der Waals surface area contributed by atoms with Crippen molar-refractivity contribution in [2.24, 2.45) is 16.0 Å². The summed E-state index contributed by atoms with van der Waals surface area (Å²) in [7, 11) is 0. The molecule has 36 heavy (non-hydrogen) atoms. The van der Waals surface area contributed by atoms with Crippen LogP contribution in [-0.2, 0) is 0 Å². The van der Waals surface area contributed by atoms with Gasteiger partial charge < -0.3 is 4.90 Å². The highest BCUT2D eigenvalue weighted by molar-refractivity contribution is 6.10. The molecule has 1 fully saturated rings. The molecule has 3 rings (SSSR count). The van der Waals surface area contributed by atoms with Crippen LogP contribution in [0.15, 0.2) is 76.3 Å². The molecule has 4 nitrogen and oxygen atoms in total. The molecular weight excluding hydrogens is 447 g/mol. The molecule has 0 aliphatic carbocycles. The van der Waals surface area contributed by atoms with Crippen LogP contribution in [0.2, 0.25) is 0 Å². The van der Waals surface area contributed by atoms with Gasteiger partial charge in [-0.2, -0.15) is 5.10 Å². The summed E-state index contributed by atoms with van der Waals surface area (Å²) in [5.74, 6) is 0.0995. The predicted molar refractivity (Wildman–Crippen MR) is 155 cm³/mol. The number of halogens is 1. The van der Waals surface area contributed by atoms with Gasteiger partial charge in [-0.15, -0.1) is 0 Å². The fourth-order valence-electron chi connectivity index (χ4n) is 4.59. The molecule has 1 saturated heterocycles. The Balaban J connectivity index is 0.00000456. The number of allylic oxidation sites excluding steroid dienone is 5. The van der Waals surface area contributed by atoms with Crippen LogP contribution < -0.4 is 0 Å². The lowest BCUT2D eigenvalue weighted by Gasteiger charge is -2.31. The van der Waals surface area contributed by atoms with Crippen molar-refractivity contribution in [1.82, 2.24) is 9.91 Å². The van der Waals surface area contributed by atoms with Crippen LogP contribution in [0.4, 0.5) is 4.39 Å². The quantitative estimate of drug-likeness (QED) is 0.274. The third-order valence-electron chi connectivity index (χ3n) is 6.86. The van der Waals surface area contributed by atoms with Gasteiger partial charge in [-0.1, -0.05) is 40.5 Å². The zero-order valence-corrected chi connectivity index (χ0v) is 21.9. The molecule has 0 saturated carbocycles. The van der Waals surface area contributed by atoms with Crippen LogP contribution in [-0.4, -0.2) is 41.5 Å². The molecule has 0 bridgehead atoms. The van der Waals surface area contributed by atoms with Gasteiger partial charge >= 0.3 is 0 Å². The summed E-state index contributed by atoms with van der Waals surface area (Å²) >= 11 is 0. The van der Waals surface area contributed by atoms with E-state index in [2.05, 4.69) is 36.9 Å². The number of nitrogens with zero attached hydrogens (tertiary/aromatic N) is 4. The molecule has 1 aromatic carbocycles. The van der Waals surface area contributed by atoms with Crippen molar-refractivity contribution >= 4 is 18.0 Å². The number of hydrogen-bond donors (Lipinski definition) is 0. The maximum atomic E-state index is 15.5. The molecule has 0 spiro atoms. The Kier molecular flexibility index (Phi) is 10.8. The molecule has 2 aliphatic heterocycles. The average Bonchev–Trinajstić information content (AvgIpc) is 2.86. The van der Waals surface area contributed by atoms with E-state index >= 15 is 4.39 Å². The Morgan fingerprint density at radius 2 is 1.94 bits per heavy atom. The first-order valence-corrected chi connectivity index (χ1v) is 12.6. The number of hydrazone groups is 1. The van der Waals surface area contributed by atoms with Crippen molar-refractivity contribution in [2.75, 3.05) is 19.6 Å².